The first-order chi connectivity index (χ1) is 8.16. The summed E-state index contributed by atoms with van der Waals surface area (Å²) in [5.41, 5.74) is 0. The maximum Gasteiger partial charge on any atom is 0.303 e. The molecule has 0 aromatic rings. The molecule has 1 unspecified atom stereocenters. The van der Waals surface area contributed by atoms with Crippen LogP contribution in [0, 0.1) is 0 Å². The molecule has 1 atom stereocenters. The third-order valence-electron chi connectivity index (χ3n) is 2.81. The molecule has 0 heterocycles. The smallest absolute Gasteiger partial charge is 0.303 e. The number of carboxylic acids is 1. The van der Waals surface area contributed by atoms with E-state index in [1.165, 1.54) is 0 Å². The quantitative estimate of drug-likeness (QED) is 0.430. The second-order valence-electron chi connectivity index (χ2n) is 4.46. The van der Waals surface area contributed by atoms with Crippen LogP contribution in [-0.2, 0) is 4.79 Å². The van der Waals surface area contributed by atoms with Crippen LogP contribution in [0.3, 0.4) is 0 Å². The topological polar surface area (TPSA) is 57.5 Å². The normalized spacial score (nSPS) is 13.1. The summed E-state index contributed by atoms with van der Waals surface area (Å²) < 4.78 is 0. The summed E-state index contributed by atoms with van der Waals surface area (Å²) in [5, 5.41) is 17.8. The third-order valence-corrected chi connectivity index (χ3v) is 2.81. The summed E-state index contributed by atoms with van der Waals surface area (Å²) in [4.78, 5) is 10.2. The third kappa shape index (κ3) is 13.1. The molecule has 0 spiro atoms. The Bertz CT molecular complexity index is 212. The van der Waals surface area contributed by atoms with E-state index in [1.807, 2.05) is 6.92 Å². The molecule has 17 heavy (non-hydrogen) atoms. The van der Waals surface area contributed by atoms with Crippen molar-refractivity contribution in [2.75, 3.05) is 0 Å². The van der Waals surface area contributed by atoms with Crippen LogP contribution in [0.2, 0.25) is 0 Å². The number of hydrogen-bond acceptors (Lipinski definition) is 2. The van der Waals surface area contributed by atoms with Crippen LogP contribution < -0.4 is 0 Å². The monoisotopic (exact) mass is 242 g/mol. The molecule has 0 rings (SSSR count). The number of carboxylic acid groups (broad SMARTS) is 1. The summed E-state index contributed by atoms with van der Waals surface area (Å²) in [6.45, 7) is 2.00. The summed E-state index contributed by atoms with van der Waals surface area (Å²) in [6.07, 6.45) is 12.2. The van der Waals surface area contributed by atoms with E-state index >= 15 is 0 Å². The second kappa shape index (κ2) is 11.6. The van der Waals surface area contributed by atoms with E-state index in [0.717, 1.165) is 51.4 Å². The van der Waals surface area contributed by atoms with Crippen molar-refractivity contribution in [2.24, 2.45) is 0 Å². The highest BCUT2D eigenvalue weighted by atomic mass is 16.4. The van der Waals surface area contributed by atoms with Crippen LogP contribution in [0.4, 0.5) is 0 Å². The van der Waals surface area contributed by atoms with E-state index in [9.17, 15) is 9.90 Å². The predicted molar refractivity (Wildman–Crippen MR) is 70.0 cm³/mol. The van der Waals surface area contributed by atoms with Gasteiger partial charge in [-0.3, -0.25) is 4.79 Å². The number of rotatable bonds is 11. The minimum absolute atomic E-state index is 0.130. The Morgan fingerprint density at radius 2 is 1.71 bits per heavy atom. The Morgan fingerprint density at radius 1 is 1.12 bits per heavy atom. The van der Waals surface area contributed by atoms with Gasteiger partial charge in [0.15, 0.2) is 0 Å². The maximum atomic E-state index is 10.2. The number of unbranched alkanes of at least 4 members (excludes halogenated alkanes) is 4. The van der Waals surface area contributed by atoms with Gasteiger partial charge in [0.25, 0.3) is 0 Å². The molecule has 0 aromatic heterocycles. The number of aliphatic carboxylic acids is 1. The fourth-order valence-corrected chi connectivity index (χ4v) is 1.62. The molecule has 0 aliphatic rings. The van der Waals surface area contributed by atoms with Crippen molar-refractivity contribution in [3.8, 4) is 0 Å². The van der Waals surface area contributed by atoms with Gasteiger partial charge in [-0.25, -0.2) is 0 Å². The van der Waals surface area contributed by atoms with E-state index in [-0.39, 0.29) is 12.5 Å². The minimum atomic E-state index is -0.705. The molecule has 0 aromatic carbocycles. The lowest BCUT2D eigenvalue weighted by atomic mass is 10.1. The van der Waals surface area contributed by atoms with Crippen LogP contribution in [0.1, 0.15) is 64.7 Å². The summed E-state index contributed by atoms with van der Waals surface area (Å²) >= 11 is 0. The molecule has 0 fully saturated rings. The van der Waals surface area contributed by atoms with Crippen molar-refractivity contribution < 1.29 is 15.0 Å². The second-order valence-corrected chi connectivity index (χ2v) is 4.46. The van der Waals surface area contributed by atoms with Crippen LogP contribution >= 0.6 is 0 Å². The highest BCUT2D eigenvalue weighted by Gasteiger charge is 1.98. The molecule has 100 valence electrons. The molecular weight excluding hydrogens is 216 g/mol. The molecular formula is C14H26O3. The molecule has 0 aliphatic heterocycles. The lowest BCUT2D eigenvalue weighted by Crippen LogP contribution is -2.02. The SMILES string of the molecule is CCC(O)CCCC/C=C\CCCCC(=O)O. The number of aliphatic hydroxyl groups is 1. The largest absolute Gasteiger partial charge is 0.481 e. The highest BCUT2D eigenvalue weighted by molar-refractivity contribution is 5.66. The average Bonchev–Trinajstić information content (AvgIpc) is 2.30. The standard InChI is InChI=1S/C14H26O3/c1-2-13(15)11-9-7-5-3-4-6-8-10-12-14(16)17/h3-4,13,15H,2,5-12H2,1H3,(H,16,17)/b4-3-. The van der Waals surface area contributed by atoms with E-state index in [1.54, 1.807) is 0 Å². The van der Waals surface area contributed by atoms with Gasteiger partial charge in [0.1, 0.15) is 0 Å². The van der Waals surface area contributed by atoms with Gasteiger partial charge in [-0.1, -0.05) is 25.5 Å². The van der Waals surface area contributed by atoms with Gasteiger partial charge in [-0.05, 0) is 44.9 Å². The van der Waals surface area contributed by atoms with Crippen molar-refractivity contribution in [3.63, 3.8) is 0 Å². The average molecular weight is 242 g/mol. The predicted octanol–water partition coefficient (Wildman–Crippen LogP) is 3.52. The Hall–Kier alpha value is -0.830. The van der Waals surface area contributed by atoms with E-state index in [0.29, 0.717) is 0 Å². The fraction of sp³-hybridized carbons (Fsp3) is 0.786. The number of allylic oxidation sites excluding steroid dienone is 2. The van der Waals surface area contributed by atoms with Crippen molar-refractivity contribution in [1.29, 1.82) is 0 Å². The molecule has 0 aliphatic carbocycles. The molecule has 0 radical (unpaired) electrons. The molecule has 0 bridgehead atoms. The van der Waals surface area contributed by atoms with Crippen molar-refractivity contribution >= 4 is 5.97 Å². The lowest BCUT2D eigenvalue weighted by molar-refractivity contribution is -0.137. The van der Waals surface area contributed by atoms with Gasteiger partial charge >= 0.3 is 5.97 Å². The van der Waals surface area contributed by atoms with E-state index in [2.05, 4.69) is 12.2 Å². The summed E-state index contributed by atoms with van der Waals surface area (Å²) in [5.74, 6) is -0.705. The first kappa shape index (κ1) is 16.2. The van der Waals surface area contributed by atoms with Gasteiger partial charge in [0.05, 0.1) is 6.10 Å². The van der Waals surface area contributed by atoms with E-state index < -0.39 is 5.97 Å². The zero-order chi connectivity index (χ0) is 12.9. The highest BCUT2D eigenvalue weighted by Crippen LogP contribution is 2.07. The van der Waals surface area contributed by atoms with Crippen molar-refractivity contribution in [3.05, 3.63) is 12.2 Å². The first-order valence-corrected chi connectivity index (χ1v) is 6.71. The fourth-order valence-electron chi connectivity index (χ4n) is 1.62. The Labute approximate surface area is 105 Å². The Morgan fingerprint density at radius 3 is 2.24 bits per heavy atom. The van der Waals surface area contributed by atoms with Gasteiger partial charge in [0.2, 0.25) is 0 Å². The molecule has 2 N–H and O–H groups in total. The van der Waals surface area contributed by atoms with E-state index in [4.69, 9.17) is 5.11 Å². The maximum absolute atomic E-state index is 10.2. The number of carbonyl (C=O) groups is 1. The Kier molecular flexibility index (Phi) is 11.1. The lowest BCUT2D eigenvalue weighted by Gasteiger charge is -2.05. The van der Waals surface area contributed by atoms with Gasteiger partial charge < -0.3 is 10.2 Å². The van der Waals surface area contributed by atoms with Crippen molar-refractivity contribution in [1.82, 2.24) is 0 Å². The minimum Gasteiger partial charge on any atom is -0.481 e. The molecule has 0 saturated heterocycles. The number of aliphatic hydroxyl groups excluding tert-OH is 1. The Balaban J connectivity index is 3.17. The van der Waals surface area contributed by atoms with Crippen LogP contribution in [-0.4, -0.2) is 22.3 Å². The zero-order valence-electron chi connectivity index (χ0n) is 10.9. The molecule has 0 amide bonds. The summed E-state index contributed by atoms with van der Waals surface area (Å²) in [6, 6.07) is 0. The molecule has 3 nitrogen and oxygen atoms in total. The molecule has 0 saturated carbocycles. The molecule has 3 heteroatoms. The first-order valence-electron chi connectivity index (χ1n) is 6.71. The van der Waals surface area contributed by atoms with Gasteiger partial charge in [0, 0.05) is 6.42 Å². The van der Waals surface area contributed by atoms with Crippen LogP contribution in [0.15, 0.2) is 12.2 Å². The van der Waals surface area contributed by atoms with Crippen LogP contribution in [0.5, 0.6) is 0 Å². The van der Waals surface area contributed by atoms with Crippen LogP contribution in [0.25, 0.3) is 0 Å². The van der Waals surface area contributed by atoms with Gasteiger partial charge in [-0.15, -0.1) is 0 Å². The zero-order valence-corrected chi connectivity index (χ0v) is 10.9. The van der Waals surface area contributed by atoms with Gasteiger partial charge in [-0.2, -0.15) is 0 Å². The number of hydrogen-bond donors (Lipinski definition) is 2. The van der Waals surface area contributed by atoms with Crippen molar-refractivity contribution in [2.45, 2.75) is 70.8 Å². The summed E-state index contributed by atoms with van der Waals surface area (Å²) in [7, 11) is 0.